The summed E-state index contributed by atoms with van der Waals surface area (Å²) in [5.74, 6) is -1.49. The van der Waals surface area contributed by atoms with Crippen molar-refractivity contribution < 1.29 is 19.1 Å². The number of ether oxygens (including phenoxy) is 2. The van der Waals surface area contributed by atoms with Gasteiger partial charge in [0.05, 0.1) is 7.11 Å². The van der Waals surface area contributed by atoms with Gasteiger partial charge in [-0.3, -0.25) is 4.79 Å². The Bertz CT molecular complexity index is 426. The van der Waals surface area contributed by atoms with Gasteiger partial charge < -0.3 is 9.47 Å². The van der Waals surface area contributed by atoms with E-state index in [2.05, 4.69) is 20.7 Å². The molecule has 0 aromatic heterocycles. The second-order valence-electron chi connectivity index (χ2n) is 3.38. The van der Waals surface area contributed by atoms with Gasteiger partial charge in [-0.15, -0.1) is 0 Å². The van der Waals surface area contributed by atoms with Crippen molar-refractivity contribution in [2.75, 3.05) is 7.11 Å². The number of esters is 1. The van der Waals surface area contributed by atoms with Crippen LogP contribution in [0.15, 0.2) is 28.7 Å². The Balaban J connectivity index is 2.04. The van der Waals surface area contributed by atoms with Gasteiger partial charge in [0.2, 0.25) is 0 Å². The minimum atomic E-state index is -0.857. The molecule has 16 heavy (non-hydrogen) atoms. The first-order chi connectivity index (χ1) is 7.63. The molecule has 84 valence electrons. The lowest BCUT2D eigenvalue weighted by atomic mass is 10.1. The number of carbonyl (C=O) groups is 2. The minimum Gasteiger partial charge on any atom is -0.463 e. The fourth-order valence-corrected chi connectivity index (χ4v) is 1.70. The number of halogens is 1. The van der Waals surface area contributed by atoms with Crippen LogP contribution < -0.4 is 0 Å². The fraction of sp³-hybridized carbons (Fsp3) is 0.273. The van der Waals surface area contributed by atoms with Gasteiger partial charge in [0.15, 0.2) is 6.10 Å². The second-order valence-corrected chi connectivity index (χ2v) is 4.30. The summed E-state index contributed by atoms with van der Waals surface area (Å²) in [5.41, 5.74) is 0.880. The molecule has 0 saturated carbocycles. The molecule has 2 rings (SSSR count). The molecule has 1 aromatic rings. The van der Waals surface area contributed by atoms with Crippen molar-refractivity contribution in [3.8, 4) is 0 Å². The lowest BCUT2D eigenvalue weighted by Gasteiger charge is -1.96. The van der Waals surface area contributed by atoms with Gasteiger partial charge >= 0.3 is 5.97 Å². The molecule has 0 amide bonds. The van der Waals surface area contributed by atoms with Gasteiger partial charge in [-0.05, 0) is 17.7 Å². The van der Waals surface area contributed by atoms with Gasteiger partial charge in [0, 0.05) is 4.47 Å². The van der Waals surface area contributed by atoms with E-state index in [1.54, 1.807) is 0 Å². The largest absolute Gasteiger partial charge is 0.463 e. The first-order valence-electron chi connectivity index (χ1n) is 4.66. The minimum absolute atomic E-state index is 0.320. The quantitative estimate of drug-likeness (QED) is 0.481. The number of rotatable bonds is 3. The Morgan fingerprint density at radius 2 is 1.94 bits per heavy atom. The molecule has 0 radical (unpaired) electrons. The topological polar surface area (TPSA) is 55.9 Å². The van der Waals surface area contributed by atoms with E-state index in [4.69, 9.17) is 4.74 Å². The normalized spacial score (nSPS) is 22.6. The van der Waals surface area contributed by atoms with Crippen molar-refractivity contribution in [3.63, 3.8) is 0 Å². The zero-order chi connectivity index (χ0) is 11.7. The van der Waals surface area contributed by atoms with E-state index < -0.39 is 17.9 Å². The average molecular weight is 285 g/mol. The molecule has 1 aromatic carbocycles. The molecule has 0 aliphatic carbocycles. The number of epoxide rings is 1. The third kappa shape index (κ3) is 2.15. The van der Waals surface area contributed by atoms with E-state index in [9.17, 15) is 9.59 Å². The maximum atomic E-state index is 11.4. The molecule has 0 unspecified atom stereocenters. The van der Waals surface area contributed by atoms with E-state index in [1.165, 1.54) is 7.11 Å². The standard InChI is InChI=1S/C11H9BrO4/c1-15-11(14)8(13)10-9(16-10)6-2-4-7(12)5-3-6/h2-5,9-10H,1H3/t9-,10-/m1/s1. The smallest absolute Gasteiger partial charge is 0.377 e. The van der Waals surface area contributed by atoms with Crippen molar-refractivity contribution >= 4 is 27.7 Å². The first-order valence-corrected chi connectivity index (χ1v) is 5.46. The van der Waals surface area contributed by atoms with Crippen LogP contribution >= 0.6 is 15.9 Å². The van der Waals surface area contributed by atoms with Crippen molar-refractivity contribution in [2.24, 2.45) is 0 Å². The van der Waals surface area contributed by atoms with Crippen LogP contribution in [-0.2, 0) is 19.1 Å². The van der Waals surface area contributed by atoms with E-state index in [-0.39, 0.29) is 6.10 Å². The Morgan fingerprint density at radius 1 is 1.31 bits per heavy atom. The fourth-order valence-electron chi connectivity index (χ4n) is 1.43. The molecular weight excluding hydrogens is 276 g/mol. The first kappa shape index (κ1) is 11.3. The number of ketones is 1. The summed E-state index contributed by atoms with van der Waals surface area (Å²) in [5, 5.41) is 0. The number of Topliss-reactive ketones (excluding diaryl/α,β-unsaturated/α-hetero) is 1. The van der Waals surface area contributed by atoms with E-state index in [1.807, 2.05) is 24.3 Å². The Kier molecular flexibility index (Phi) is 3.07. The van der Waals surface area contributed by atoms with Crippen LogP contribution in [0, 0.1) is 0 Å². The molecule has 4 nitrogen and oxygen atoms in total. The molecule has 0 N–H and O–H groups in total. The number of carbonyl (C=O) groups excluding carboxylic acids is 2. The Morgan fingerprint density at radius 3 is 2.50 bits per heavy atom. The van der Waals surface area contributed by atoms with Crippen LogP contribution in [0.4, 0.5) is 0 Å². The highest BCUT2D eigenvalue weighted by Crippen LogP contribution is 2.39. The monoisotopic (exact) mass is 284 g/mol. The van der Waals surface area contributed by atoms with E-state index in [0.717, 1.165) is 10.0 Å². The van der Waals surface area contributed by atoms with E-state index in [0.29, 0.717) is 0 Å². The summed E-state index contributed by atoms with van der Waals surface area (Å²) in [4.78, 5) is 22.3. The maximum Gasteiger partial charge on any atom is 0.377 e. The summed E-state index contributed by atoms with van der Waals surface area (Å²) in [6, 6.07) is 7.41. The molecule has 1 fully saturated rings. The van der Waals surface area contributed by atoms with Crippen LogP contribution in [0.1, 0.15) is 11.7 Å². The highest BCUT2D eigenvalue weighted by atomic mass is 79.9. The molecule has 0 bridgehead atoms. The Hall–Kier alpha value is -1.20. The van der Waals surface area contributed by atoms with Gasteiger partial charge in [0.25, 0.3) is 5.78 Å². The van der Waals surface area contributed by atoms with Crippen LogP contribution in [0.5, 0.6) is 0 Å². The van der Waals surface area contributed by atoms with Gasteiger partial charge in [-0.2, -0.15) is 0 Å². The molecule has 1 saturated heterocycles. The summed E-state index contributed by atoms with van der Waals surface area (Å²) < 4.78 is 10.5. The third-order valence-corrected chi connectivity index (χ3v) is 2.86. The number of benzene rings is 1. The number of hydrogen-bond acceptors (Lipinski definition) is 4. The van der Waals surface area contributed by atoms with Crippen LogP contribution in [0.2, 0.25) is 0 Å². The van der Waals surface area contributed by atoms with Crippen molar-refractivity contribution in [1.29, 1.82) is 0 Å². The predicted octanol–water partition coefficient (Wildman–Crippen LogP) is 1.63. The zero-order valence-corrected chi connectivity index (χ0v) is 10.1. The highest BCUT2D eigenvalue weighted by Gasteiger charge is 2.48. The lowest BCUT2D eigenvalue weighted by Crippen LogP contribution is -2.21. The van der Waals surface area contributed by atoms with Crippen molar-refractivity contribution in [3.05, 3.63) is 34.3 Å². The van der Waals surface area contributed by atoms with Gasteiger partial charge in [0.1, 0.15) is 6.10 Å². The summed E-state index contributed by atoms with van der Waals surface area (Å²) in [7, 11) is 1.18. The Labute approximate surface area is 101 Å². The maximum absolute atomic E-state index is 11.4. The molecule has 2 atom stereocenters. The number of methoxy groups -OCH3 is 1. The average Bonchev–Trinajstić information content (AvgIpc) is 3.08. The second kappa shape index (κ2) is 4.35. The SMILES string of the molecule is COC(=O)C(=O)[C@H]1O[C@@H]1c1ccc(Br)cc1. The molecular formula is C11H9BrO4. The predicted molar refractivity (Wildman–Crippen MR) is 58.8 cm³/mol. The van der Waals surface area contributed by atoms with Crippen LogP contribution in [0.25, 0.3) is 0 Å². The summed E-state index contributed by atoms with van der Waals surface area (Å²) in [6.07, 6.45) is -1.01. The molecule has 5 heteroatoms. The molecule has 1 aliphatic rings. The zero-order valence-electron chi connectivity index (χ0n) is 8.48. The van der Waals surface area contributed by atoms with Crippen molar-refractivity contribution in [1.82, 2.24) is 0 Å². The molecule has 1 heterocycles. The van der Waals surface area contributed by atoms with E-state index >= 15 is 0 Å². The van der Waals surface area contributed by atoms with Gasteiger partial charge in [-0.1, -0.05) is 28.1 Å². The third-order valence-electron chi connectivity index (χ3n) is 2.34. The highest BCUT2D eigenvalue weighted by molar-refractivity contribution is 9.10. The molecule has 0 spiro atoms. The number of hydrogen-bond donors (Lipinski definition) is 0. The lowest BCUT2D eigenvalue weighted by molar-refractivity contribution is -0.152. The summed E-state index contributed by atoms with van der Waals surface area (Å²) >= 11 is 3.31. The van der Waals surface area contributed by atoms with Gasteiger partial charge in [-0.25, -0.2) is 4.79 Å². The van der Waals surface area contributed by atoms with Crippen LogP contribution in [0.3, 0.4) is 0 Å². The van der Waals surface area contributed by atoms with Crippen molar-refractivity contribution in [2.45, 2.75) is 12.2 Å². The molecule has 1 aliphatic heterocycles. The van der Waals surface area contributed by atoms with Crippen LogP contribution in [-0.4, -0.2) is 25.0 Å². The summed E-state index contributed by atoms with van der Waals surface area (Å²) in [6.45, 7) is 0.